The first kappa shape index (κ1) is 7.29. The number of halogens is 1. The minimum atomic E-state index is 0.0815. The second-order valence-electron chi connectivity index (χ2n) is 2.53. The van der Waals surface area contributed by atoms with E-state index in [2.05, 4.69) is 32.5 Å². The molecule has 2 nitrogen and oxygen atoms in total. The van der Waals surface area contributed by atoms with Crippen LogP contribution in [-0.4, -0.2) is 6.54 Å². The van der Waals surface area contributed by atoms with Crippen molar-refractivity contribution in [1.82, 2.24) is 3.53 Å². The maximum atomic E-state index is 8.60. The van der Waals surface area contributed by atoms with Crippen LogP contribution in [0.2, 0.25) is 0 Å². The summed E-state index contributed by atoms with van der Waals surface area (Å²) in [6.07, 6.45) is 3.25. The molecule has 1 fully saturated rings. The van der Waals surface area contributed by atoms with Gasteiger partial charge in [-0.2, -0.15) is 5.26 Å². The van der Waals surface area contributed by atoms with Crippen molar-refractivity contribution in [3.8, 4) is 6.07 Å². The Bertz CT molecular complexity index is 134. The van der Waals surface area contributed by atoms with Gasteiger partial charge < -0.3 is 0 Å². The summed E-state index contributed by atoms with van der Waals surface area (Å²) in [5.41, 5.74) is 0.0815. The molecule has 1 N–H and O–H groups in total. The zero-order chi connectivity index (χ0) is 6.74. The maximum Gasteiger partial charge on any atom is 0.0690 e. The van der Waals surface area contributed by atoms with Crippen LogP contribution in [-0.2, 0) is 0 Å². The van der Waals surface area contributed by atoms with E-state index < -0.39 is 0 Å². The Morgan fingerprint density at radius 3 is 2.67 bits per heavy atom. The van der Waals surface area contributed by atoms with Crippen molar-refractivity contribution in [1.29, 1.82) is 5.26 Å². The summed E-state index contributed by atoms with van der Waals surface area (Å²) < 4.78 is 3.02. The summed E-state index contributed by atoms with van der Waals surface area (Å²) in [6.45, 7) is 0.966. The largest absolute Gasteiger partial charge is 0.261 e. The molecule has 50 valence electrons. The summed E-state index contributed by atoms with van der Waals surface area (Å²) >= 11 is 2.11. The molecule has 0 aromatic carbocycles. The Kier molecular flexibility index (Phi) is 2.30. The molecule has 0 unspecified atom stereocenters. The van der Waals surface area contributed by atoms with Gasteiger partial charge in [0, 0.05) is 29.4 Å². The topological polar surface area (TPSA) is 35.8 Å². The molecule has 0 saturated heterocycles. The van der Waals surface area contributed by atoms with E-state index in [1.165, 1.54) is 0 Å². The lowest BCUT2D eigenvalue weighted by Gasteiger charge is -2.00. The molecular weight excluding hydrogens is 227 g/mol. The van der Waals surface area contributed by atoms with Crippen molar-refractivity contribution in [3.05, 3.63) is 0 Å². The van der Waals surface area contributed by atoms with Gasteiger partial charge in [-0.3, -0.25) is 3.53 Å². The summed E-state index contributed by atoms with van der Waals surface area (Å²) in [5.74, 6) is 0. The van der Waals surface area contributed by atoms with Crippen LogP contribution in [0, 0.1) is 16.7 Å². The molecule has 0 radical (unpaired) electrons. The Balaban J connectivity index is 2.20. The lowest BCUT2D eigenvalue weighted by molar-refractivity contribution is 0.600. The monoisotopic (exact) mass is 236 g/mol. The number of nitrogens with one attached hydrogen (secondary N) is 1. The summed E-state index contributed by atoms with van der Waals surface area (Å²) in [5, 5.41) is 8.60. The van der Waals surface area contributed by atoms with Crippen LogP contribution in [0.1, 0.15) is 19.3 Å². The number of rotatable bonds is 3. The van der Waals surface area contributed by atoms with Gasteiger partial charge in [-0.05, 0) is 19.3 Å². The molecule has 3 heteroatoms. The highest BCUT2D eigenvalue weighted by atomic mass is 127. The highest BCUT2D eigenvalue weighted by Gasteiger charge is 2.42. The van der Waals surface area contributed by atoms with Gasteiger partial charge in [0.2, 0.25) is 0 Å². The average molecular weight is 236 g/mol. The zero-order valence-corrected chi connectivity index (χ0v) is 7.31. The van der Waals surface area contributed by atoms with E-state index in [4.69, 9.17) is 5.26 Å². The van der Waals surface area contributed by atoms with E-state index in [0.29, 0.717) is 0 Å². The third-order valence-electron chi connectivity index (χ3n) is 1.79. The van der Waals surface area contributed by atoms with Crippen LogP contribution in [0.25, 0.3) is 0 Å². The minimum absolute atomic E-state index is 0.0815. The number of hydrogen-bond donors (Lipinski definition) is 1. The molecule has 0 atom stereocenters. The molecule has 0 aromatic rings. The van der Waals surface area contributed by atoms with Gasteiger partial charge >= 0.3 is 0 Å². The van der Waals surface area contributed by atoms with E-state index in [0.717, 1.165) is 25.8 Å². The molecule has 0 spiro atoms. The van der Waals surface area contributed by atoms with E-state index in [-0.39, 0.29) is 5.41 Å². The number of nitriles is 1. The molecule has 0 heterocycles. The predicted molar refractivity (Wildman–Crippen MR) is 43.9 cm³/mol. The lowest BCUT2D eigenvalue weighted by Crippen LogP contribution is -2.07. The average Bonchev–Trinajstić information content (AvgIpc) is 2.65. The summed E-state index contributed by atoms with van der Waals surface area (Å²) in [7, 11) is 0. The van der Waals surface area contributed by atoms with Crippen LogP contribution in [0.15, 0.2) is 0 Å². The molecule has 0 amide bonds. The normalized spacial score (nSPS) is 20.9. The standard InChI is InChI=1S/C6H9IN2/c7-9-4-3-6(5-8)1-2-6/h9H,1-4H2. The van der Waals surface area contributed by atoms with Gasteiger partial charge in [-0.15, -0.1) is 0 Å². The SMILES string of the molecule is N#CC1(CCNI)CC1. The Morgan fingerprint density at radius 2 is 2.33 bits per heavy atom. The molecule has 0 aliphatic heterocycles. The van der Waals surface area contributed by atoms with Crippen LogP contribution in [0.5, 0.6) is 0 Å². The second-order valence-corrected chi connectivity index (χ2v) is 3.29. The minimum Gasteiger partial charge on any atom is -0.261 e. The Hall–Kier alpha value is 0.180. The van der Waals surface area contributed by atoms with Crippen molar-refractivity contribution >= 4 is 22.9 Å². The molecule has 0 aromatic heterocycles. The fourth-order valence-electron chi connectivity index (χ4n) is 0.855. The fraction of sp³-hybridized carbons (Fsp3) is 0.833. The Morgan fingerprint density at radius 1 is 1.67 bits per heavy atom. The molecule has 1 rings (SSSR count). The van der Waals surface area contributed by atoms with Crippen LogP contribution < -0.4 is 3.53 Å². The number of nitrogens with zero attached hydrogens (tertiary/aromatic N) is 1. The lowest BCUT2D eigenvalue weighted by atomic mass is 10.1. The molecular formula is C6H9IN2. The van der Waals surface area contributed by atoms with Gasteiger partial charge in [-0.25, -0.2) is 0 Å². The predicted octanol–water partition coefficient (Wildman–Crippen LogP) is 1.62. The van der Waals surface area contributed by atoms with E-state index >= 15 is 0 Å². The van der Waals surface area contributed by atoms with Gasteiger partial charge in [0.15, 0.2) is 0 Å². The smallest absolute Gasteiger partial charge is 0.0690 e. The summed E-state index contributed by atoms with van der Waals surface area (Å²) in [4.78, 5) is 0. The quantitative estimate of drug-likeness (QED) is 0.597. The summed E-state index contributed by atoms with van der Waals surface area (Å²) in [6, 6.07) is 2.34. The van der Waals surface area contributed by atoms with Crippen molar-refractivity contribution in [2.24, 2.45) is 5.41 Å². The van der Waals surface area contributed by atoms with Gasteiger partial charge in [-0.1, -0.05) is 0 Å². The van der Waals surface area contributed by atoms with E-state index in [9.17, 15) is 0 Å². The van der Waals surface area contributed by atoms with Gasteiger partial charge in [0.1, 0.15) is 0 Å². The molecule has 1 saturated carbocycles. The van der Waals surface area contributed by atoms with Crippen LogP contribution in [0.3, 0.4) is 0 Å². The van der Waals surface area contributed by atoms with Gasteiger partial charge in [0.05, 0.1) is 11.5 Å². The van der Waals surface area contributed by atoms with E-state index in [1.807, 2.05) is 0 Å². The fourth-order valence-corrected chi connectivity index (χ4v) is 1.12. The third-order valence-corrected chi connectivity index (χ3v) is 2.33. The van der Waals surface area contributed by atoms with Crippen LogP contribution >= 0.6 is 22.9 Å². The van der Waals surface area contributed by atoms with Crippen LogP contribution in [0.4, 0.5) is 0 Å². The van der Waals surface area contributed by atoms with Crippen molar-refractivity contribution in [2.75, 3.05) is 6.54 Å². The van der Waals surface area contributed by atoms with Gasteiger partial charge in [0.25, 0.3) is 0 Å². The first-order valence-electron chi connectivity index (χ1n) is 3.08. The first-order valence-corrected chi connectivity index (χ1v) is 4.16. The molecule has 9 heavy (non-hydrogen) atoms. The van der Waals surface area contributed by atoms with Crippen molar-refractivity contribution in [2.45, 2.75) is 19.3 Å². The number of hydrogen-bond acceptors (Lipinski definition) is 2. The highest BCUT2D eigenvalue weighted by molar-refractivity contribution is 14.1. The third kappa shape index (κ3) is 1.80. The highest BCUT2D eigenvalue weighted by Crippen LogP contribution is 2.47. The van der Waals surface area contributed by atoms with E-state index in [1.54, 1.807) is 0 Å². The van der Waals surface area contributed by atoms with Crippen molar-refractivity contribution < 1.29 is 0 Å². The first-order chi connectivity index (χ1) is 4.33. The zero-order valence-electron chi connectivity index (χ0n) is 5.15. The Labute approximate surface area is 69.1 Å². The molecule has 1 aliphatic carbocycles. The maximum absolute atomic E-state index is 8.60. The second kappa shape index (κ2) is 2.84. The molecule has 1 aliphatic rings. The molecule has 0 bridgehead atoms. The van der Waals surface area contributed by atoms with Crippen molar-refractivity contribution in [3.63, 3.8) is 0 Å².